The molecule has 9 heteroatoms. The van der Waals surface area contributed by atoms with Gasteiger partial charge in [-0.25, -0.2) is 0 Å². The standard InChI is InChI=1S/C17H21N3O6/c1-20(8-12(22)14(24)15(25)13(23)9-21)17-11(7-18)19-16(26-17)10-5-3-2-4-6-10/h2-6,12-15,21-25H,8-9H2,1H3/t12-,13-,14-,15-/m0/s1. The molecule has 26 heavy (non-hydrogen) atoms. The molecule has 0 aliphatic rings. The average molecular weight is 363 g/mol. The van der Waals surface area contributed by atoms with Crippen LogP contribution in [-0.2, 0) is 0 Å². The Morgan fingerprint density at radius 1 is 1.12 bits per heavy atom. The molecular formula is C17H21N3O6. The van der Waals surface area contributed by atoms with E-state index >= 15 is 0 Å². The molecule has 2 aromatic rings. The lowest BCUT2D eigenvalue weighted by Crippen LogP contribution is -2.49. The quantitative estimate of drug-likeness (QED) is 0.401. The monoisotopic (exact) mass is 363 g/mol. The number of rotatable bonds is 8. The van der Waals surface area contributed by atoms with Crippen molar-refractivity contribution in [3.05, 3.63) is 36.0 Å². The summed E-state index contributed by atoms with van der Waals surface area (Å²) in [6, 6.07) is 10.9. The number of aliphatic hydroxyl groups excluding tert-OH is 5. The van der Waals surface area contributed by atoms with Crippen molar-refractivity contribution >= 4 is 5.88 Å². The molecular weight excluding hydrogens is 342 g/mol. The first kappa shape index (κ1) is 19.8. The lowest BCUT2D eigenvalue weighted by Gasteiger charge is -2.28. The van der Waals surface area contributed by atoms with Crippen LogP contribution in [0.3, 0.4) is 0 Å². The Balaban J connectivity index is 2.15. The van der Waals surface area contributed by atoms with Crippen molar-refractivity contribution in [2.75, 3.05) is 25.1 Å². The summed E-state index contributed by atoms with van der Waals surface area (Å²) in [6.07, 6.45) is -6.50. The fourth-order valence-corrected chi connectivity index (χ4v) is 2.38. The minimum absolute atomic E-state index is 0.00369. The summed E-state index contributed by atoms with van der Waals surface area (Å²) in [5, 5.41) is 57.0. The topological polar surface area (TPSA) is 154 Å². The number of anilines is 1. The van der Waals surface area contributed by atoms with Gasteiger partial charge in [0.1, 0.15) is 30.5 Å². The van der Waals surface area contributed by atoms with Crippen LogP contribution < -0.4 is 4.90 Å². The van der Waals surface area contributed by atoms with E-state index in [-0.39, 0.29) is 24.0 Å². The van der Waals surface area contributed by atoms with Gasteiger partial charge in [0.15, 0.2) is 0 Å². The minimum Gasteiger partial charge on any atom is -0.419 e. The van der Waals surface area contributed by atoms with Crippen LogP contribution in [0.15, 0.2) is 34.7 Å². The van der Waals surface area contributed by atoms with E-state index < -0.39 is 31.0 Å². The second-order valence-electron chi connectivity index (χ2n) is 5.83. The second-order valence-corrected chi connectivity index (χ2v) is 5.83. The molecule has 1 heterocycles. The predicted molar refractivity (Wildman–Crippen MR) is 91.0 cm³/mol. The molecule has 0 spiro atoms. The van der Waals surface area contributed by atoms with Gasteiger partial charge in [0.2, 0.25) is 17.5 Å². The van der Waals surface area contributed by atoms with Crippen LogP contribution in [0.25, 0.3) is 11.5 Å². The molecule has 0 saturated carbocycles. The maximum Gasteiger partial charge on any atom is 0.234 e. The summed E-state index contributed by atoms with van der Waals surface area (Å²) in [5.41, 5.74) is 0.676. The van der Waals surface area contributed by atoms with Crippen molar-refractivity contribution in [2.45, 2.75) is 24.4 Å². The second kappa shape index (κ2) is 8.75. The zero-order valence-electron chi connectivity index (χ0n) is 14.1. The number of aromatic nitrogens is 1. The minimum atomic E-state index is -1.73. The molecule has 0 fully saturated rings. The maximum absolute atomic E-state index is 10.1. The lowest BCUT2D eigenvalue weighted by molar-refractivity contribution is -0.112. The lowest BCUT2D eigenvalue weighted by atomic mass is 10.0. The van der Waals surface area contributed by atoms with Gasteiger partial charge in [-0.3, -0.25) is 0 Å². The van der Waals surface area contributed by atoms with E-state index in [1.54, 1.807) is 24.3 Å². The Bertz CT molecular complexity index is 745. The van der Waals surface area contributed by atoms with Crippen molar-refractivity contribution in [2.24, 2.45) is 0 Å². The molecule has 0 amide bonds. The molecule has 9 nitrogen and oxygen atoms in total. The van der Waals surface area contributed by atoms with Crippen LogP contribution in [0.2, 0.25) is 0 Å². The van der Waals surface area contributed by atoms with Crippen LogP contribution in [0, 0.1) is 11.3 Å². The van der Waals surface area contributed by atoms with Gasteiger partial charge in [-0.05, 0) is 12.1 Å². The molecule has 140 valence electrons. The molecule has 0 saturated heterocycles. The molecule has 0 aliphatic carbocycles. The van der Waals surface area contributed by atoms with Crippen LogP contribution in [0.1, 0.15) is 5.69 Å². The number of nitrogens with zero attached hydrogens (tertiary/aromatic N) is 3. The summed E-state index contributed by atoms with van der Waals surface area (Å²) in [5.74, 6) is 0.324. The highest BCUT2D eigenvalue weighted by atomic mass is 16.4. The molecule has 1 aromatic heterocycles. The predicted octanol–water partition coefficient (Wildman–Crippen LogP) is -0.915. The van der Waals surface area contributed by atoms with E-state index in [9.17, 15) is 25.7 Å². The number of likely N-dealkylation sites (N-methyl/N-ethyl adjacent to an activating group) is 1. The molecule has 0 radical (unpaired) electrons. The Labute approximate surface area is 150 Å². The fourth-order valence-electron chi connectivity index (χ4n) is 2.38. The molecule has 0 aliphatic heterocycles. The number of hydrogen-bond donors (Lipinski definition) is 5. The summed E-state index contributed by atoms with van der Waals surface area (Å²) < 4.78 is 5.61. The van der Waals surface area contributed by atoms with Crippen LogP contribution in [-0.4, -0.2) is 75.1 Å². The number of nitriles is 1. The maximum atomic E-state index is 10.1. The third-order valence-electron chi connectivity index (χ3n) is 3.87. The Hall–Kier alpha value is -2.48. The van der Waals surface area contributed by atoms with E-state index in [0.717, 1.165) is 0 Å². The molecule has 0 unspecified atom stereocenters. The van der Waals surface area contributed by atoms with Crippen LogP contribution in [0.4, 0.5) is 5.88 Å². The first-order chi connectivity index (χ1) is 12.4. The van der Waals surface area contributed by atoms with Crippen molar-refractivity contribution in [3.63, 3.8) is 0 Å². The Morgan fingerprint density at radius 3 is 2.31 bits per heavy atom. The van der Waals surface area contributed by atoms with E-state index in [2.05, 4.69) is 4.98 Å². The molecule has 1 aromatic carbocycles. The van der Waals surface area contributed by atoms with Crippen molar-refractivity contribution in [3.8, 4) is 17.5 Å². The number of oxazole rings is 1. The van der Waals surface area contributed by atoms with Crippen LogP contribution >= 0.6 is 0 Å². The first-order valence-electron chi connectivity index (χ1n) is 7.89. The summed E-state index contributed by atoms with van der Waals surface area (Å²) in [6.45, 7) is -0.976. The summed E-state index contributed by atoms with van der Waals surface area (Å²) >= 11 is 0. The largest absolute Gasteiger partial charge is 0.419 e. The molecule has 4 atom stereocenters. The van der Waals surface area contributed by atoms with Gasteiger partial charge in [0.25, 0.3) is 0 Å². The zero-order valence-corrected chi connectivity index (χ0v) is 14.1. The highest BCUT2D eigenvalue weighted by Crippen LogP contribution is 2.27. The summed E-state index contributed by atoms with van der Waals surface area (Å²) in [7, 11) is 1.51. The number of hydrogen-bond acceptors (Lipinski definition) is 9. The molecule has 2 rings (SSSR count). The van der Waals surface area contributed by atoms with E-state index in [1.165, 1.54) is 11.9 Å². The average Bonchev–Trinajstić information content (AvgIpc) is 3.11. The van der Waals surface area contributed by atoms with Crippen molar-refractivity contribution < 1.29 is 29.9 Å². The van der Waals surface area contributed by atoms with E-state index in [4.69, 9.17) is 9.52 Å². The Morgan fingerprint density at radius 2 is 1.73 bits per heavy atom. The summed E-state index contributed by atoms with van der Waals surface area (Å²) in [4.78, 5) is 5.48. The third-order valence-corrected chi connectivity index (χ3v) is 3.87. The van der Waals surface area contributed by atoms with E-state index in [0.29, 0.717) is 5.56 Å². The van der Waals surface area contributed by atoms with E-state index in [1.807, 2.05) is 12.1 Å². The SMILES string of the molecule is CN(C[C@H](O)[C@H](O)[C@@H](O)[C@@H](O)CO)c1oc(-c2ccccc2)nc1C#N. The zero-order chi connectivity index (χ0) is 19.3. The first-order valence-corrected chi connectivity index (χ1v) is 7.89. The highest BCUT2D eigenvalue weighted by molar-refractivity contribution is 5.59. The van der Waals surface area contributed by atoms with Crippen molar-refractivity contribution in [1.29, 1.82) is 5.26 Å². The fraction of sp³-hybridized carbons (Fsp3) is 0.412. The molecule has 5 N–H and O–H groups in total. The van der Waals surface area contributed by atoms with Gasteiger partial charge in [-0.15, -0.1) is 0 Å². The Kier molecular flexibility index (Phi) is 6.68. The highest BCUT2D eigenvalue weighted by Gasteiger charge is 2.31. The van der Waals surface area contributed by atoms with Gasteiger partial charge < -0.3 is 34.8 Å². The smallest absolute Gasteiger partial charge is 0.234 e. The van der Waals surface area contributed by atoms with Gasteiger partial charge >= 0.3 is 0 Å². The van der Waals surface area contributed by atoms with Gasteiger partial charge in [-0.1, -0.05) is 18.2 Å². The van der Waals surface area contributed by atoms with Gasteiger partial charge in [0, 0.05) is 19.2 Å². The molecule has 0 bridgehead atoms. The normalized spacial score (nSPS) is 15.7. The third kappa shape index (κ3) is 4.37. The van der Waals surface area contributed by atoms with Gasteiger partial charge in [-0.2, -0.15) is 10.2 Å². The van der Waals surface area contributed by atoms with Gasteiger partial charge in [0.05, 0.1) is 6.61 Å². The van der Waals surface area contributed by atoms with Crippen molar-refractivity contribution in [1.82, 2.24) is 4.98 Å². The number of benzene rings is 1. The van der Waals surface area contributed by atoms with Crippen LogP contribution in [0.5, 0.6) is 0 Å². The number of aliphatic hydroxyl groups is 5.